The first-order valence-electron chi connectivity index (χ1n) is 4.42. The van der Waals surface area contributed by atoms with Crippen LogP contribution in [0, 0.1) is 17.8 Å². The summed E-state index contributed by atoms with van der Waals surface area (Å²) in [5.41, 5.74) is 5.99. The van der Waals surface area contributed by atoms with Gasteiger partial charge in [-0.2, -0.15) is 0 Å². The number of rotatable bonds is 3. The zero-order valence-corrected chi connectivity index (χ0v) is 7.30. The molecule has 3 unspecified atom stereocenters. The summed E-state index contributed by atoms with van der Waals surface area (Å²) in [7, 11) is 0. The van der Waals surface area contributed by atoms with Crippen LogP contribution in [0.4, 0.5) is 0 Å². The molecule has 1 aliphatic carbocycles. The minimum absolute atomic E-state index is 0.463. The number of nitrogens with two attached hydrogens (primary N) is 1. The maximum Gasteiger partial charge on any atom is 0.00931 e. The second-order valence-electron chi connectivity index (χ2n) is 3.89. The zero-order valence-electron chi connectivity index (χ0n) is 7.30. The molecule has 2 N–H and O–H groups in total. The van der Waals surface area contributed by atoms with Crippen molar-refractivity contribution < 1.29 is 0 Å². The van der Waals surface area contributed by atoms with Gasteiger partial charge >= 0.3 is 0 Å². The van der Waals surface area contributed by atoms with Crippen molar-refractivity contribution in [3.05, 3.63) is 0 Å². The van der Waals surface area contributed by atoms with E-state index < -0.39 is 0 Å². The SMILES string of the molecule is CCC1CC1C(N)C(C)C. The standard InChI is InChI=1S/C9H19N/c1-4-7-5-8(7)9(10)6(2)3/h6-9H,4-5,10H2,1-3H3. The van der Waals surface area contributed by atoms with Crippen LogP contribution in [0.25, 0.3) is 0 Å². The molecule has 0 saturated heterocycles. The summed E-state index contributed by atoms with van der Waals surface area (Å²) in [4.78, 5) is 0. The van der Waals surface area contributed by atoms with E-state index >= 15 is 0 Å². The lowest BCUT2D eigenvalue weighted by molar-refractivity contribution is 0.424. The molecule has 0 radical (unpaired) electrons. The largest absolute Gasteiger partial charge is 0.327 e. The van der Waals surface area contributed by atoms with E-state index in [0.717, 1.165) is 11.8 Å². The third-order valence-corrected chi connectivity index (χ3v) is 2.77. The normalized spacial score (nSPS) is 34.5. The molecule has 1 saturated carbocycles. The van der Waals surface area contributed by atoms with Gasteiger partial charge in [-0.15, -0.1) is 0 Å². The van der Waals surface area contributed by atoms with E-state index in [0.29, 0.717) is 12.0 Å². The van der Waals surface area contributed by atoms with Crippen LogP contribution < -0.4 is 5.73 Å². The third-order valence-electron chi connectivity index (χ3n) is 2.77. The predicted octanol–water partition coefficient (Wildman–Crippen LogP) is 2.02. The average molecular weight is 141 g/mol. The minimum Gasteiger partial charge on any atom is -0.327 e. The van der Waals surface area contributed by atoms with Crippen molar-refractivity contribution in [3.8, 4) is 0 Å². The smallest absolute Gasteiger partial charge is 0.00931 e. The summed E-state index contributed by atoms with van der Waals surface area (Å²) in [6.07, 6.45) is 2.71. The zero-order chi connectivity index (χ0) is 7.72. The molecule has 0 aromatic rings. The molecule has 1 rings (SSSR count). The van der Waals surface area contributed by atoms with E-state index in [1.165, 1.54) is 12.8 Å². The first-order chi connectivity index (χ1) is 4.66. The Hall–Kier alpha value is -0.0400. The molecule has 1 fully saturated rings. The van der Waals surface area contributed by atoms with Crippen molar-refractivity contribution in [2.45, 2.75) is 39.7 Å². The molecule has 0 spiro atoms. The van der Waals surface area contributed by atoms with Crippen molar-refractivity contribution in [2.75, 3.05) is 0 Å². The molecule has 1 heteroatoms. The predicted molar refractivity (Wildman–Crippen MR) is 44.7 cm³/mol. The molecular formula is C9H19N. The summed E-state index contributed by atoms with van der Waals surface area (Å²) >= 11 is 0. The monoisotopic (exact) mass is 141 g/mol. The molecule has 0 aromatic heterocycles. The molecule has 0 aromatic carbocycles. The van der Waals surface area contributed by atoms with Crippen molar-refractivity contribution in [1.82, 2.24) is 0 Å². The Balaban J connectivity index is 2.25. The Bertz CT molecular complexity index is 109. The van der Waals surface area contributed by atoms with Gasteiger partial charge in [-0.25, -0.2) is 0 Å². The van der Waals surface area contributed by atoms with E-state index in [9.17, 15) is 0 Å². The number of hydrogen-bond acceptors (Lipinski definition) is 1. The van der Waals surface area contributed by atoms with Gasteiger partial charge in [0.1, 0.15) is 0 Å². The topological polar surface area (TPSA) is 26.0 Å². The maximum absolute atomic E-state index is 5.99. The fourth-order valence-corrected chi connectivity index (χ4v) is 1.71. The van der Waals surface area contributed by atoms with Crippen LogP contribution in [0.1, 0.15) is 33.6 Å². The first kappa shape index (κ1) is 8.06. The van der Waals surface area contributed by atoms with Crippen LogP contribution >= 0.6 is 0 Å². The summed E-state index contributed by atoms with van der Waals surface area (Å²) in [5, 5.41) is 0. The van der Waals surface area contributed by atoms with E-state index in [2.05, 4.69) is 20.8 Å². The van der Waals surface area contributed by atoms with Crippen LogP contribution in [-0.2, 0) is 0 Å². The minimum atomic E-state index is 0.463. The third kappa shape index (κ3) is 1.51. The Morgan fingerprint density at radius 3 is 2.40 bits per heavy atom. The highest BCUT2D eigenvalue weighted by molar-refractivity contribution is 4.93. The molecular weight excluding hydrogens is 122 g/mol. The van der Waals surface area contributed by atoms with Gasteiger partial charge in [0, 0.05) is 6.04 Å². The van der Waals surface area contributed by atoms with E-state index in [1.54, 1.807) is 0 Å². The highest BCUT2D eigenvalue weighted by atomic mass is 14.7. The van der Waals surface area contributed by atoms with Gasteiger partial charge < -0.3 is 5.73 Å². The fourth-order valence-electron chi connectivity index (χ4n) is 1.71. The van der Waals surface area contributed by atoms with Crippen LogP contribution in [0.15, 0.2) is 0 Å². The van der Waals surface area contributed by atoms with E-state index in [-0.39, 0.29) is 0 Å². The average Bonchev–Trinajstić information content (AvgIpc) is 2.64. The lowest BCUT2D eigenvalue weighted by atomic mass is 9.99. The molecule has 0 aliphatic heterocycles. The van der Waals surface area contributed by atoms with Gasteiger partial charge in [0.15, 0.2) is 0 Å². The molecule has 0 heterocycles. The van der Waals surface area contributed by atoms with Crippen molar-refractivity contribution in [2.24, 2.45) is 23.5 Å². The second kappa shape index (κ2) is 2.91. The summed E-state index contributed by atoms with van der Waals surface area (Å²) in [6.45, 7) is 6.70. The van der Waals surface area contributed by atoms with Gasteiger partial charge in [0.05, 0.1) is 0 Å². The highest BCUT2D eigenvalue weighted by Gasteiger charge is 2.40. The Morgan fingerprint density at radius 1 is 1.50 bits per heavy atom. The maximum atomic E-state index is 5.99. The van der Waals surface area contributed by atoms with Crippen molar-refractivity contribution in [1.29, 1.82) is 0 Å². The molecule has 60 valence electrons. The lowest BCUT2D eigenvalue weighted by Crippen LogP contribution is -2.29. The lowest BCUT2D eigenvalue weighted by Gasteiger charge is -2.14. The van der Waals surface area contributed by atoms with E-state index in [1.807, 2.05) is 0 Å². The molecule has 1 nitrogen and oxygen atoms in total. The fraction of sp³-hybridized carbons (Fsp3) is 1.00. The molecule has 0 bridgehead atoms. The van der Waals surface area contributed by atoms with Gasteiger partial charge in [-0.3, -0.25) is 0 Å². The van der Waals surface area contributed by atoms with Crippen LogP contribution in [0.5, 0.6) is 0 Å². The Labute approximate surface area is 64.0 Å². The summed E-state index contributed by atoms with van der Waals surface area (Å²) < 4.78 is 0. The Morgan fingerprint density at radius 2 is 2.10 bits per heavy atom. The first-order valence-corrected chi connectivity index (χ1v) is 4.42. The molecule has 1 aliphatic rings. The van der Waals surface area contributed by atoms with Gasteiger partial charge in [0.2, 0.25) is 0 Å². The number of hydrogen-bond donors (Lipinski definition) is 1. The molecule has 3 atom stereocenters. The highest BCUT2D eigenvalue weighted by Crippen LogP contribution is 2.44. The molecule has 0 amide bonds. The molecule has 10 heavy (non-hydrogen) atoms. The van der Waals surface area contributed by atoms with Gasteiger partial charge in [-0.1, -0.05) is 27.2 Å². The van der Waals surface area contributed by atoms with Gasteiger partial charge in [0.25, 0.3) is 0 Å². The van der Waals surface area contributed by atoms with Gasteiger partial charge in [-0.05, 0) is 24.2 Å². The summed E-state index contributed by atoms with van der Waals surface area (Å²) in [6, 6.07) is 0.463. The van der Waals surface area contributed by atoms with Crippen molar-refractivity contribution in [3.63, 3.8) is 0 Å². The van der Waals surface area contributed by atoms with Crippen LogP contribution in [0.3, 0.4) is 0 Å². The quantitative estimate of drug-likeness (QED) is 0.639. The summed E-state index contributed by atoms with van der Waals surface area (Å²) in [5.74, 6) is 2.48. The second-order valence-corrected chi connectivity index (χ2v) is 3.89. The Kier molecular flexibility index (Phi) is 2.35. The van der Waals surface area contributed by atoms with Crippen LogP contribution in [-0.4, -0.2) is 6.04 Å². The van der Waals surface area contributed by atoms with Crippen molar-refractivity contribution >= 4 is 0 Å². The van der Waals surface area contributed by atoms with Crippen LogP contribution in [0.2, 0.25) is 0 Å². The van der Waals surface area contributed by atoms with E-state index in [4.69, 9.17) is 5.73 Å².